The van der Waals surface area contributed by atoms with Crippen LogP contribution >= 0.6 is 0 Å². The van der Waals surface area contributed by atoms with Crippen LogP contribution in [0, 0.1) is 11.3 Å². The van der Waals surface area contributed by atoms with Crippen LogP contribution in [-0.4, -0.2) is 44.1 Å². The van der Waals surface area contributed by atoms with Crippen molar-refractivity contribution >= 4 is 15.9 Å². The number of carbonyl (C=O) groups is 1. The molecule has 1 N–H and O–H groups in total. The summed E-state index contributed by atoms with van der Waals surface area (Å²) < 4.78 is 25.2. The van der Waals surface area contributed by atoms with Gasteiger partial charge in [0, 0.05) is 26.1 Å². The van der Waals surface area contributed by atoms with Crippen molar-refractivity contribution in [3.8, 4) is 6.07 Å². The van der Waals surface area contributed by atoms with E-state index in [4.69, 9.17) is 5.26 Å². The minimum atomic E-state index is -3.62. The summed E-state index contributed by atoms with van der Waals surface area (Å²) in [6.07, 6.45) is 3.33. The number of nitriles is 1. The number of hydrogen-bond donors (Lipinski definition) is 1. The maximum absolute atomic E-state index is 11.7. The van der Waals surface area contributed by atoms with Crippen molar-refractivity contribution in [2.45, 2.75) is 37.9 Å². The van der Waals surface area contributed by atoms with Crippen molar-refractivity contribution < 1.29 is 13.2 Å². The van der Waals surface area contributed by atoms with Crippen LogP contribution in [0.2, 0.25) is 0 Å². The van der Waals surface area contributed by atoms with Gasteiger partial charge in [0.15, 0.2) is 5.25 Å². The van der Waals surface area contributed by atoms with Gasteiger partial charge in [0.1, 0.15) is 0 Å². The predicted octanol–water partition coefficient (Wildman–Crippen LogP) is 0.220. The molecule has 102 valence electrons. The highest BCUT2D eigenvalue weighted by atomic mass is 32.2. The molecule has 18 heavy (non-hydrogen) atoms. The summed E-state index contributed by atoms with van der Waals surface area (Å²) in [5.74, 6) is -0.0259. The first-order chi connectivity index (χ1) is 8.47. The van der Waals surface area contributed by atoms with Gasteiger partial charge in [-0.05, 0) is 26.2 Å². The van der Waals surface area contributed by atoms with Gasteiger partial charge in [-0.3, -0.25) is 4.79 Å². The van der Waals surface area contributed by atoms with Crippen molar-refractivity contribution in [2.75, 3.05) is 19.6 Å². The maximum atomic E-state index is 11.7. The molecule has 0 aliphatic carbocycles. The predicted molar refractivity (Wildman–Crippen MR) is 67.0 cm³/mol. The highest BCUT2D eigenvalue weighted by molar-refractivity contribution is 7.90. The van der Waals surface area contributed by atoms with E-state index in [1.807, 2.05) is 0 Å². The zero-order valence-corrected chi connectivity index (χ0v) is 11.4. The van der Waals surface area contributed by atoms with Crippen molar-refractivity contribution in [2.24, 2.45) is 0 Å². The first-order valence-corrected chi connectivity index (χ1v) is 7.68. The summed E-state index contributed by atoms with van der Waals surface area (Å²) in [5, 5.41) is 7.44. The lowest BCUT2D eigenvalue weighted by atomic mass is 10.1. The third-order valence-electron chi connectivity index (χ3n) is 3.00. The Morgan fingerprint density at radius 2 is 2.00 bits per heavy atom. The molecule has 1 atom stereocenters. The zero-order chi connectivity index (χ0) is 13.6. The van der Waals surface area contributed by atoms with Crippen LogP contribution in [0.3, 0.4) is 0 Å². The van der Waals surface area contributed by atoms with Crippen molar-refractivity contribution in [3.05, 3.63) is 0 Å². The fourth-order valence-corrected chi connectivity index (χ4v) is 2.57. The highest BCUT2D eigenvalue weighted by Gasteiger charge is 2.21. The molecule has 1 rings (SSSR count). The number of sulfonamides is 1. The van der Waals surface area contributed by atoms with Gasteiger partial charge in [-0.1, -0.05) is 0 Å². The average Bonchev–Trinajstić information content (AvgIpc) is 2.38. The van der Waals surface area contributed by atoms with E-state index < -0.39 is 15.3 Å². The van der Waals surface area contributed by atoms with E-state index in [0.717, 1.165) is 32.4 Å². The summed E-state index contributed by atoms with van der Waals surface area (Å²) in [6.45, 7) is 2.90. The SMILES string of the molecule is CC(C#N)S(=O)(=O)NCCC(=O)N1CCCCC1. The number of rotatable bonds is 5. The quantitative estimate of drug-likeness (QED) is 0.776. The fourth-order valence-electron chi connectivity index (χ4n) is 1.80. The van der Waals surface area contributed by atoms with Gasteiger partial charge < -0.3 is 4.90 Å². The van der Waals surface area contributed by atoms with E-state index in [1.165, 1.54) is 6.92 Å². The highest BCUT2D eigenvalue weighted by Crippen LogP contribution is 2.09. The molecule has 1 amide bonds. The molecule has 1 saturated heterocycles. The standard InChI is InChI=1S/C11H19N3O3S/c1-10(9-12)18(16,17)13-6-5-11(15)14-7-3-2-4-8-14/h10,13H,2-8H2,1H3. The fraction of sp³-hybridized carbons (Fsp3) is 0.818. The lowest BCUT2D eigenvalue weighted by molar-refractivity contribution is -0.131. The maximum Gasteiger partial charge on any atom is 0.227 e. The summed E-state index contributed by atoms with van der Waals surface area (Å²) in [7, 11) is -3.62. The Balaban J connectivity index is 2.33. The van der Waals surface area contributed by atoms with Crippen molar-refractivity contribution in [1.82, 2.24) is 9.62 Å². The van der Waals surface area contributed by atoms with Gasteiger partial charge in [-0.15, -0.1) is 0 Å². The van der Waals surface area contributed by atoms with Gasteiger partial charge in [-0.2, -0.15) is 5.26 Å². The molecular formula is C11H19N3O3S. The second-order valence-corrected chi connectivity index (χ2v) is 6.49. The molecule has 1 unspecified atom stereocenters. The van der Waals surface area contributed by atoms with E-state index >= 15 is 0 Å². The second kappa shape index (κ2) is 6.71. The van der Waals surface area contributed by atoms with E-state index in [1.54, 1.807) is 11.0 Å². The van der Waals surface area contributed by atoms with Crippen LogP contribution in [0.4, 0.5) is 0 Å². The zero-order valence-electron chi connectivity index (χ0n) is 10.6. The van der Waals surface area contributed by atoms with E-state index in [9.17, 15) is 13.2 Å². The van der Waals surface area contributed by atoms with Gasteiger partial charge >= 0.3 is 0 Å². The number of piperidine rings is 1. The third kappa shape index (κ3) is 4.27. The van der Waals surface area contributed by atoms with Gasteiger partial charge in [0.25, 0.3) is 0 Å². The molecule has 0 aromatic heterocycles. The molecule has 0 saturated carbocycles. The smallest absolute Gasteiger partial charge is 0.227 e. The molecule has 0 aromatic carbocycles. The van der Waals surface area contributed by atoms with Crippen LogP contribution in [0.15, 0.2) is 0 Å². The summed E-state index contributed by atoms with van der Waals surface area (Å²) in [6, 6.07) is 1.66. The van der Waals surface area contributed by atoms with Crippen LogP contribution in [0.5, 0.6) is 0 Å². The Bertz CT molecular complexity index is 421. The Kier molecular flexibility index (Phi) is 5.56. The van der Waals surface area contributed by atoms with E-state index in [2.05, 4.69) is 4.72 Å². The molecule has 0 aromatic rings. The van der Waals surface area contributed by atoms with Gasteiger partial charge in [0.05, 0.1) is 6.07 Å². The Morgan fingerprint density at radius 1 is 1.39 bits per heavy atom. The summed E-state index contributed by atoms with van der Waals surface area (Å²) in [5.41, 5.74) is 0. The Labute approximate surface area is 108 Å². The Morgan fingerprint density at radius 3 is 2.56 bits per heavy atom. The second-order valence-electron chi connectivity index (χ2n) is 4.40. The number of nitrogens with zero attached hydrogens (tertiary/aromatic N) is 2. The first kappa shape index (κ1) is 14.9. The monoisotopic (exact) mass is 273 g/mol. The third-order valence-corrected chi connectivity index (χ3v) is 4.64. The van der Waals surface area contributed by atoms with Crippen molar-refractivity contribution in [3.63, 3.8) is 0 Å². The van der Waals surface area contributed by atoms with Crippen LogP contribution in [0.25, 0.3) is 0 Å². The minimum Gasteiger partial charge on any atom is -0.343 e. The lowest BCUT2D eigenvalue weighted by Crippen LogP contribution is -2.39. The molecule has 6 nitrogen and oxygen atoms in total. The molecule has 1 aliphatic heterocycles. The summed E-state index contributed by atoms with van der Waals surface area (Å²) >= 11 is 0. The topological polar surface area (TPSA) is 90.3 Å². The number of likely N-dealkylation sites (tertiary alicyclic amines) is 1. The average molecular weight is 273 g/mol. The minimum absolute atomic E-state index is 0.0259. The number of carbonyl (C=O) groups excluding carboxylic acids is 1. The molecule has 0 spiro atoms. The van der Waals surface area contributed by atoms with Crippen LogP contribution < -0.4 is 4.72 Å². The van der Waals surface area contributed by atoms with Crippen LogP contribution in [0.1, 0.15) is 32.6 Å². The lowest BCUT2D eigenvalue weighted by Gasteiger charge is -2.26. The normalized spacial score (nSPS) is 18.1. The number of hydrogen-bond acceptors (Lipinski definition) is 4. The van der Waals surface area contributed by atoms with Gasteiger partial charge in [0.2, 0.25) is 15.9 Å². The largest absolute Gasteiger partial charge is 0.343 e. The molecule has 0 bridgehead atoms. The van der Waals surface area contributed by atoms with E-state index in [0.29, 0.717) is 0 Å². The number of nitrogens with one attached hydrogen (secondary N) is 1. The molecule has 1 fully saturated rings. The molecular weight excluding hydrogens is 254 g/mol. The van der Waals surface area contributed by atoms with Crippen molar-refractivity contribution in [1.29, 1.82) is 5.26 Å². The Hall–Kier alpha value is -1.13. The molecule has 1 heterocycles. The van der Waals surface area contributed by atoms with Gasteiger partial charge in [-0.25, -0.2) is 13.1 Å². The summed E-state index contributed by atoms with van der Waals surface area (Å²) in [4.78, 5) is 13.5. The van der Waals surface area contributed by atoms with E-state index in [-0.39, 0.29) is 18.9 Å². The molecule has 7 heteroatoms. The molecule has 0 radical (unpaired) electrons. The molecule has 1 aliphatic rings. The first-order valence-electron chi connectivity index (χ1n) is 6.13. The number of amides is 1. The van der Waals surface area contributed by atoms with Crippen LogP contribution in [-0.2, 0) is 14.8 Å².